The van der Waals surface area contributed by atoms with E-state index in [9.17, 15) is 9.36 Å². The minimum atomic E-state index is -2.74. The molecule has 0 aliphatic rings. The van der Waals surface area contributed by atoms with E-state index in [1.54, 1.807) is 0 Å². The molecule has 0 amide bonds. The number of unbranched alkanes of at least 4 members (excludes halogenated alkanes) is 10. The van der Waals surface area contributed by atoms with E-state index in [1.807, 2.05) is 0 Å². The molecule has 23 heavy (non-hydrogen) atoms. The van der Waals surface area contributed by atoms with Gasteiger partial charge < -0.3 is 4.52 Å². The van der Waals surface area contributed by atoms with E-state index in [0.29, 0.717) is 12.3 Å². The molecule has 0 radical (unpaired) electrons. The van der Waals surface area contributed by atoms with Crippen LogP contribution < -0.4 is 0 Å². The second kappa shape index (κ2) is 17.2. The van der Waals surface area contributed by atoms with Gasteiger partial charge in [0.05, 0.1) is 0 Å². The Hall–Kier alpha value is 0.414. The van der Waals surface area contributed by atoms with Gasteiger partial charge in [-0.25, -0.2) is 0 Å². The summed E-state index contributed by atoms with van der Waals surface area (Å²) < 4.78 is 18.0. The number of carbonyl (C=O) groups is 1. The first-order valence-corrected chi connectivity index (χ1v) is 11.3. The SMILES string of the molecule is CCCCCCCCP(=O)(CCCCCCCC)OC(C)=O.[Ti]. The molecule has 0 aliphatic carbocycles. The summed E-state index contributed by atoms with van der Waals surface area (Å²) in [6.45, 7) is 5.78. The molecule has 0 fully saturated rings. The molecule has 3 nitrogen and oxygen atoms in total. The zero-order valence-corrected chi connectivity index (χ0v) is 18.0. The Kier molecular flexibility index (Phi) is 19.2. The van der Waals surface area contributed by atoms with E-state index < -0.39 is 7.37 Å². The van der Waals surface area contributed by atoms with Gasteiger partial charge >= 0.3 is 5.97 Å². The minimum absolute atomic E-state index is 0. The first kappa shape index (κ1) is 25.7. The molecule has 0 bridgehead atoms. The largest absolute Gasteiger partial charge is 0.412 e. The van der Waals surface area contributed by atoms with Crippen LogP contribution in [0.25, 0.3) is 0 Å². The van der Waals surface area contributed by atoms with Crippen molar-refractivity contribution in [2.75, 3.05) is 12.3 Å². The molecule has 0 saturated carbocycles. The van der Waals surface area contributed by atoms with E-state index in [4.69, 9.17) is 4.52 Å². The van der Waals surface area contributed by atoms with Crippen molar-refractivity contribution < 1.29 is 35.6 Å². The van der Waals surface area contributed by atoms with Gasteiger partial charge in [0, 0.05) is 41.0 Å². The summed E-state index contributed by atoms with van der Waals surface area (Å²) in [5.74, 6) is -0.389. The van der Waals surface area contributed by atoms with Crippen molar-refractivity contribution in [2.45, 2.75) is 97.8 Å². The van der Waals surface area contributed by atoms with Crippen molar-refractivity contribution in [3.63, 3.8) is 0 Å². The van der Waals surface area contributed by atoms with E-state index >= 15 is 0 Å². The fourth-order valence-electron chi connectivity index (χ4n) is 2.70. The van der Waals surface area contributed by atoms with E-state index in [2.05, 4.69) is 13.8 Å². The molecule has 0 unspecified atom stereocenters. The quantitative estimate of drug-likeness (QED) is 0.184. The van der Waals surface area contributed by atoms with Crippen molar-refractivity contribution in [1.82, 2.24) is 0 Å². The molecule has 0 saturated heterocycles. The summed E-state index contributed by atoms with van der Waals surface area (Å²) in [5.41, 5.74) is 0. The molecule has 0 rings (SSSR count). The molecule has 0 aromatic carbocycles. The molecule has 0 spiro atoms. The van der Waals surface area contributed by atoms with Gasteiger partial charge in [-0.05, 0) is 12.8 Å². The third-order valence-corrected chi connectivity index (χ3v) is 6.58. The number of carbonyl (C=O) groups excluding carboxylic acids is 1. The first-order valence-electron chi connectivity index (χ1n) is 9.32. The monoisotopic (exact) mass is 380 g/mol. The molecule has 0 aliphatic heterocycles. The van der Waals surface area contributed by atoms with Crippen LogP contribution >= 0.6 is 7.37 Å². The Morgan fingerprint density at radius 3 is 1.43 bits per heavy atom. The maximum Gasteiger partial charge on any atom is 0.307 e. The average molecular weight is 380 g/mol. The van der Waals surface area contributed by atoms with Gasteiger partial charge in [-0.2, -0.15) is 0 Å². The number of hydrogen-bond donors (Lipinski definition) is 0. The summed E-state index contributed by atoms with van der Waals surface area (Å²) in [6.07, 6.45) is 15.1. The van der Waals surface area contributed by atoms with Crippen molar-refractivity contribution in [1.29, 1.82) is 0 Å². The van der Waals surface area contributed by atoms with Crippen LogP contribution in [0.2, 0.25) is 0 Å². The average Bonchev–Trinajstić information content (AvgIpc) is 2.46. The summed E-state index contributed by atoms with van der Waals surface area (Å²) in [4.78, 5) is 11.2. The van der Waals surface area contributed by atoms with E-state index in [-0.39, 0.29) is 27.7 Å². The van der Waals surface area contributed by atoms with Crippen LogP contribution in [0.4, 0.5) is 0 Å². The Bertz CT molecular complexity index is 301. The predicted molar refractivity (Wildman–Crippen MR) is 95.9 cm³/mol. The molecule has 0 aromatic rings. The standard InChI is InChI=1S/C18H37O3P.Ti/c1-4-6-8-10-12-14-16-22(20,21-18(3)19)17-15-13-11-9-7-5-2;/h4-17H2,1-3H3;. The molecule has 136 valence electrons. The van der Waals surface area contributed by atoms with Crippen LogP contribution in [0, 0.1) is 0 Å². The summed E-state index contributed by atoms with van der Waals surface area (Å²) in [7, 11) is -2.74. The van der Waals surface area contributed by atoms with Gasteiger partial charge in [-0.1, -0.05) is 78.1 Å². The molecule has 0 N–H and O–H groups in total. The van der Waals surface area contributed by atoms with Gasteiger partial charge in [-0.15, -0.1) is 0 Å². The number of rotatable bonds is 15. The van der Waals surface area contributed by atoms with Gasteiger partial charge in [0.25, 0.3) is 7.37 Å². The van der Waals surface area contributed by atoms with Crippen molar-refractivity contribution in [2.24, 2.45) is 0 Å². The Labute approximate surface area is 159 Å². The van der Waals surface area contributed by atoms with Crippen molar-refractivity contribution >= 4 is 13.3 Å². The van der Waals surface area contributed by atoms with E-state index in [0.717, 1.165) is 25.7 Å². The minimum Gasteiger partial charge on any atom is -0.412 e. The normalized spacial score (nSPS) is 11.1. The van der Waals surface area contributed by atoms with E-state index in [1.165, 1.54) is 58.3 Å². The summed E-state index contributed by atoms with van der Waals surface area (Å²) >= 11 is 0. The molecule has 0 aromatic heterocycles. The van der Waals surface area contributed by atoms with Gasteiger partial charge in [-0.3, -0.25) is 9.36 Å². The molecular formula is C18H37O3PTi. The molecular weight excluding hydrogens is 343 g/mol. The third-order valence-electron chi connectivity index (χ3n) is 4.00. The van der Waals surface area contributed by atoms with Gasteiger partial charge in [0.1, 0.15) is 0 Å². The van der Waals surface area contributed by atoms with Crippen LogP contribution in [0.5, 0.6) is 0 Å². The summed E-state index contributed by atoms with van der Waals surface area (Å²) in [5, 5.41) is 0. The molecule has 0 atom stereocenters. The van der Waals surface area contributed by atoms with Gasteiger partial charge in [0.15, 0.2) is 0 Å². The van der Waals surface area contributed by atoms with Crippen molar-refractivity contribution in [3.05, 3.63) is 0 Å². The van der Waals surface area contributed by atoms with Crippen LogP contribution in [0.15, 0.2) is 0 Å². The first-order chi connectivity index (χ1) is 10.5. The Morgan fingerprint density at radius 1 is 0.739 bits per heavy atom. The third kappa shape index (κ3) is 17.0. The maximum absolute atomic E-state index is 12.8. The molecule has 5 heteroatoms. The fourth-order valence-corrected chi connectivity index (χ4v) is 4.99. The zero-order chi connectivity index (χ0) is 16.7. The predicted octanol–water partition coefficient (Wildman–Crippen LogP) is 6.55. The Morgan fingerprint density at radius 2 is 1.09 bits per heavy atom. The number of hydrogen-bond acceptors (Lipinski definition) is 3. The fraction of sp³-hybridized carbons (Fsp3) is 0.944. The zero-order valence-electron chi connectivity index (χ0n) is 15.6. The second-order valence-corrected chi connectivity index (χ2v) is 9.09. The van der Waals surface area contributed by atoms with Crippen molar-refractivity contribution in [3.8, 4) is 0 Å². The maximum atomic E-state index is 12.8. The Balaban J connectivity index is 0. The van der Waals surface area contributed by atoms with Crippen LogP contribution in [-0.2, 0) is 35.6 Å². The second-order valence-electron chi connectivity index (χ2n) is 6.38. The topological polar surface area (TPSA) is 43.4 Å². The van der Waals surface area contributed by atoms with Crippen LogP contribution in [-0.4, -0.2) is 18.3 Å². The van der Waals surface area contributed by atoms with Crippen LogP contribution in [0.3, 0.4) is 0 Å². The smallest absolute Gasteiger partial charge is 0.307 e. The molecule has 0 heterocycles. The van der Waals surface area contributed by atoms with Crippen LogP contribution in [0.1, 0.15) is 97.8 Å². The summed E-state index contributed by atoms with van der Waals surface area (Å²) in [6, 6.07) is 0. The van der Waals surface area contributed by atoms with Gasteiger partial charge in [0.2, 0.25) is 0 Å².